The Morgan fingerprint density at radius 3 is 2.33 bits per heavy atom. The minimum atomic E-state index is -0.0744. The molecular formula is C21H34N4O2. The Morgan fingerprint density at radius 2 is 1.74 bits per heavy atom. The molecule has 1 fully saturated rings. The highest BCUT2D eigenvalue weighted by Gasteiger charge is 2.32. The molecule has 1 aliphatic rings. The maximum Gasteiger partial charge on any atom is 0.251 e. The van der Waals surface area contributed by atoms with E-state index in [-0.39, 0.29) is 17.2 Å². The fraction of sp³-hybridized carbons (Fsp3) is 0.619. The van der Waals surface area contributed by atoms with Gasteiger partial charge in [0.15, 0.2) is 0 Å². The van der Waals surface area contributed by atoms with Crippen molar-refractivity contribution in [2.24, 2.45) is 11.1 Å². The summed E-state index contributed by atoms with van der Waals surface area (Å²) in [5.74, 6) is -0.0116. The van der Waals surface area contributed by atoms with Crippen molar-refractivity contribution >= 4 is 11.8 Å². The molecule has 6 heteroatoms. The monoisotopic (exact) mass is 374 g/mol. The molecule has 0 heterocycles. The van der Waals surface area contributed by atoms with E-state index in [1.807, 2.05) is 31.1 Å². The fourth-order valence-electron chi connectivity index (χ4n) is 3.63. The van der Waals surface area contributed by atoms with Gasteiger partial charge in [0.1, 0.15) is 0 Å². The van der Waals surface area contributed by atoms with Gasteiger partial charge in [-0.05, 0) is 56.6 Å². The minimum Gasteiger partial charge on any atom is -0.352 e. The lowest BCUT2D eigenvalue weighted by molar-refractivity contribution is -0.124. The van der Waals surface area contributed by atoms with Crippen LogP contribution in [0.15, 0.2) is 24.3 Å². The van der Waals surface area contributed by atoms with Crippen LogP contribution >= 0.6 is 0 Å². The van der Waals surface area contributed by atoms with Gasteiger partial charge < -0.3 is 21.3 Å². The highest BCUT2D eigenvalue weighted by molar-refractivity contribution is 5.94. The molecule has 0 unspecified atom stereocenters. The summed E-state index contributed by atoms with van der Waals surface area (Å²) in [7, 11) is 3.94. The van der Waals surface area contributed by atoms with Crippen molar-refractivity contribution in [3.05, 3.63) is 35.4 Å². The van der Waals surface area contributed by atoms with Crippen LogP contribution in [-0.2, 0) is 11.3 Å². The molecule has 0 aliphatic heterocycles. The van der Waals surface area contributed by atoms with Gasteiger partial charge in [-0.25, -0.2) is 0 Å². The van der Waals surface area contributed by atoms with Gasteiger partial charge in [-0.1, -0.05) is 31.4 Å². The third-order valence-corrected chi connectivity index (χ3v) is 5.43. The molecule has 0 bridgehead atoms. The van der Waals surface area contributed by atoms with Crippen LogP contribution in [0.3, 0.4) is 0 Å². The largest absolute Gasteiger partial charge is 0.352 e. The summed E-state index contributed by atoms with van der Waals surface area (Å²) in [5.41, 5.74) is 7.57. The van der Waals surface area contributed by atoms with E-state index in [1.165, 1.54) is 19.3 Å². The van der Waals surface area contributed by atoms with E-state index >= 15 is 0 Å². The standard InChI is InChI=1S/C21H34N4O2/c1-25(2)13-12-23-20(27)18-8-6-17(7-9-18)15-24-19(26)14-21(16-22)10-4-3-5-11-21/h6-9H,3-5,10-16,22H2,1-2H3,(H,23,27)(H,24,26). The van der Waals surface area contributed by atoms with Gasteiger partial charge in [0, 0.05) is 31.6 Å². The summed E-state index contributed by atoms with van der Waals surface area (Å²) in [5, 5.41) is 5.89. The van der Waals surface area contributed by atoms with E-state index in [1.54, 1.807) is 12.1 Å². The van der Waals surface area contributed by atoms with Crippen LogP contribution in [0.4, 0.5) is 0 Å². The highest BCUT2D eigenvalue weighted by Crippen LogP contribution is 2.38. The number of nitrogens with zero attached hydrogens (tertiary/aromatic N) is 1. The van der Waals surface area contributed by atoms with Crippen LogP contribution < -0.4 is 16.4 Å². The summed E-state index contributed by atoms with van der Waals surface area (Å²) in [6.45, 7) is 2.48. The number of amides is 2. The van der Waals surface area contributed by atoms with Crippen LogP contribution in [0.1, 0.15) is 54.4 Å². The molecule has 1 aliphatic carbocycles. The molecule has 2 amide bonds. The molecule has 1 saturated carbocycles. The third-order valence-electron chi connectivity index (χ3n) is 5.43. The van der Waals surface area contributed by atoms with Crippen molar-refractivity contribution in [3.8, 4) is 0 Å². The van der Waals surface area contributed by atoms with Gasteiger partial charge in [-0.3, -0.25) is 9.59 Å². The van der Waals surface area contributed by atoms with Crippen molar-refractivity contribution in [1.29, 1.82) is 0 Å². The number of carbonyl (C=O) groups is 2. The number of hydrogen-bond acceptors (Lipinski definition) is 4. The first-order valence-electron chi connectivity index (χ1n) is 9.93. The second kappa shape index (κ2) is 10.4. The summed E-state index contributed by atoms with van der Waals surface area (Å²) in [6, 6.07) is 7.38. The van der Waals surface area contributed by atoms with Gasteiger partial charge >= 0.3 is 0 Å². The third kappa shape index (κ3) is 6.96. The Bertz CT molecular complexity index is 607. The Morgan fingerprint density at radius 1 is 1.07 bits per heavy atom. The molecular weight excluding hydrogens is 340 g/mol. The lowest BCUT2D eigenvalue weighted by atomic mass is 9.71. The molecule has 0 saturated heterocycles. The number of likely N-dealkylation sites (N-methyl/N-ethyl adjacent to an activating group) is 1. The molecule has 0 aromatic heterocycles. The van der Waals surface area contributed by atoms with E-state index in [0.717, 1.165) is 24.9 Å². The molecule has 27 heavy (non-hydrogen) atoms. The maximum atomic E-state index is 12.4. The van der Waals surface area contributed by atoms with Crippen LogP contribution in [0.25, 0.3) is 0 Å². The molecule has 150 valence electrons. The fourth-order valence-corrected chi connectivity index (χ4v) is 3.63. The molecule has 0 radical (unpaired) electrons. The van der Waals surface area contributed by atoms with Crippen LogP contribution in [0.5, 0.6) is 0 Å². The number of carbonyl (C=O) groups excluding carboxylic acids is 2. The van der Waals surface area contributed by atoms with Gasteiger partial charge in [-0.15, -0.1) is 0 Å². The predicted octanol–water partition coefficient (Wildman–Crippen LogP) is 1.89. The predicted molar refractivity (Wildman–Crippen MR) is 108 cm³/mol. The summed E-state index contributed by atoms with van der Waals surface area (Å²) >= 11 is 0. The zero-order valence-corrected chi connectivity index (χ0v) is 16.7. The first-order valence-corrected chi connectivity index (χ1v) is 9.93. The van der Waals surface area contributed by atoms with Gasteiger partial charge in [0.05, 0.1) is 0 Å². The van der Waals surface area contributed by atoms with E-state index in [4.69, 9.17) is 5.73 Å². The van der Waals surface area contributed by atoms with Gasteiger partial charge in [-0.2, -0.15) is 0 Å². The van der Waals surface area contributed by atoms with E-state index < -0.39 is 0 Å². The lowest BCUT2D eigenvalue weighted by Crippen LogP contribution is -2.38. The van der Waals surface area contributed by atoms with Crippen molar-refractivity contribution in [1.82, 2.24) is 15.5 Å². The molecule has 6 nitrogen and oxygen atoms in total. The molecule has 0 atom stereocenters. The average molecular weight is 375 g/mol. The van der Waals surface area contributed by atoms with E-state index in [9.17, 15) is 9.59 Å². The normalized spacial score (nSPS) is 16.1. The van der Waals surface area contributed by atoms with Crippen LogP contribution in [-0.4, -0.2) is 50.4 Å². The first kappa shape index (κ1) is 21.4. The first-order chi connectivity index (χ1) is 12.9. The molecule has 2 rings (SSSR count). The summed E-state index contributed by atoms with van der Waals surface area (Å²) < 4.78 is 0. The van der Waals surface area contributed by atoms with Crippen molar-refractivity contribution in [3.63, 3.8) is 0 Å². The summed E-state index contributed by atoms with van der Waals surface area (Å²) in [6.07, 6.45) is 6.20. The highest BCUT2D eigenvalue weighted by atomic mass is 16.2. The molecule has 1 aromatic rings. The van der Waals surface area contributed by atoms with Crippen molar-refractivity contribution in [2.45, 2.75) is 45.1 Å². The second-order valence-corrected chi connectivity index (χ2v) is 7.97. The van der Waals surface area contributed by atoms with Gasteiger partial charge in [0.2, 0.25) is 5.91 Å². The SMILES string of the molecule is CN(C)CCNC(=O)c1ccc(CNC(=O)CC2(CN)CCCCC2)cc1. The number of hydrogen-bond donors (Lipinski definition) is 3. The smallest absolute Gasteiger partial charge is 0.251 e. The molecule has 0 spiro atoms. The van der Waals surface area contributed by atoms with Crippen molar-refractivity contribution < 1.29 is 9.59 Å². The Kier molecular flexibility index (Phi) is 8.25. The number of rotatable bonds is 9. The number of nitrogens with one attached hydrogen (secondary N) is 2. The molecule has 4 N–H and O–H groups in total. The Balaban J connectivity index is 1.78. The quantitative estimate of drug-likeness (QED) is 0.616. The zero-order valence-electron chi connectivity index (χ0n) is 16.7. The topological polar surface area (TPSA) is 87.5 Å². The summed E-state index contributed by atoms with van der Waals surface area (Å²) in [4.78, 5) is 26.5. The second-order valence-electron chi connectivity index (χ2n) is 7.97. The zero-order chi connectivity index (χ0) is 19.7. The Hall–Kier alpha value is -1.92. The lowest BCUT2D eigenvalue weighted by Gasteiger charge is -2.35. The number of nitrogens with two attached hydrogens (primary N) is 1. The minimum absolute atomic E-state index is 0.0170. The maximum absolute atomic E-state index is 12.4. The van der Waals surface area contributed by atoms with Gasteiger partial charge in [0.25, 0.3) is 5.91 Å². The average Bonchev–Trinajstić information content (AvgIpc) is 2.67. The van der Waals surface area contributed by atoms with Crippen LogP contribution in [0, 0.1) is 5.41 Å². The van der Waals surface area contributed by atoms with Crippen molar-refractivity contribution in [2.75, 3.05) is 33.7 Å². The Labute approximate surface area is 162 Å². The van der Waals surface area contributed by atoms with E-state index in [2.05, 4.69) is 10.6 Å². The number of benzene rings is 1. The van der Waals surface area contributed by atoms with E-state index in [0.29, 0.717) is 31.6 Å². The molecule has 1 aromatic carbocycles. The van der Waals surface area contributed by atoms with Crippen LogP contribution in [0.2, 0.25) is 0 Å².